The Morgan fingerprint density at radius 3 is 2.60 bits per heavy atom. The largest absolute Gasteiger partial charge is 0.480 e. The summed E-state index contributed by atoms with van der Waals surface area (Å²) in [5.74, 6) is -0.881. The summed E-state index contributed by atoms with van der Waals surface area (Å²) in [5.41, 5.74) is 6.96. The third-order valence-electron chi connectivity index (χ3n) is 4.80. The molecule has 6 heteroatoms. The van der Waals surface area contributed by atoms with Crippen molar-refractivity contribution >= 4 is 5.97 Å². The molecule has 1 saturated carbocycles. The highest BCUT2D eigenvalue weighted by Gasteiger charge is 2.59. The van der Waals surface area contributed by atoms with Crippen LogP contribution < -0.4 is 11.2 Å². The molecule has 0 heterocycles. The lowest BCUT2D eigenvalue weighted by atomic mass is 9.69. The van der Waals surface area contributed by atoms with Crippen molar-refractivity contribution in [2.24, 2.45) is 17.1 Å². The summed E-state index contributed by atoms with van der Waals surface area (Å²) in [4.78, 5) is 13.8. The van der Waals surface area contributed by atoms with Gasteiger partial charge in [-0.05, 0) is 45.7 Å². The smallest absolute Gasteiger partial charge is 0.324 e. The van der Waals surface area contributed by atoms with Crippen LogP contribution in [0.1, 0.15) is 39.0 Å². The predicted octanol–water partition coefficient (Wildman–Crippen LogP) is 0.896. The number of hydrogen-bond donors (Lipinski definition) is 4. The molecule has 0 aliphatic heterocycles. The second kappa shape index (κ2) is 6.85. The second-order valence-corrected chi connectivity index (χ2v) is 6.61. The molecule has 1 aliphatic rings. The fourth-order valence-electron chi connectivity index (χ4n) is 3.73. The first-order chi connectivity index (χ1) is 9.28. The van der Waals surface area contributed by atoms with Gasteiger partial charge in [0.25, 0.3) is 0 Å². The van der Waals surface area contributed by atoms with E-state index in [0.717, 1.165) is 32.1 Å². The summed E-state index contributed by atoms with van der Waals surface area (Å²) in [5, 5.41) is 18.3. The summed E-state index contributed by atoms with van der Waals surface area (Å²) in [7, 11) is 3.90. The van der Waals surface area contributed by atoms with Crippen LogP contribution in [0, 0.1) is 11.3 Å². The SMILES string of the molecule is CN(C)CC1(C)CCC(CCCCNO)C1(N)C(=O)O. The molecule has 0 aromatic carbocycles. The number of nitrogens with zero attached hydrogens (tertiary/aromatic N) is 1. The number of hydrogen-bond acceptors (Lipinski definition) is 5. The summed E-state index contributed by atoms with van der Waals surface area (Å²) in [6.45, 7) is 3.22. The van der Waals surface area contributed by atoms with E-state index >= 15 is 0 Å². The van der Waals surface area contributed by atoms with E-state index in [1.807, 2.05) is 25.9 Å². The molecule has 5 N–H and O–H groups in total. The first-order valence-corrected chi connectivity index (χ1v) is 7.32. The maximum absolute atomic E-state index is 11.8. The Balaban J connectivity index is 2.79. The van der Waals surface area contributed by atoms with Crippen LogP contribution in [-0.2, 0) is 4.79 Å². The van der Waals surface area contributed by atoms with Gasteiger partial charge in [-0.3, -0.25) is 4.79 Å². The lowest BCUT2D eigenvalue weighted by Gasteiger charge is -2.42. The molecule has 0 saturated heterocycles. The van der Waals surface area contributed by atoms with Crippen LogP contribution in [-0.4, -0.2) is 53.9 Å². The van der Waals surface area contributed by atoms with Gasteiger partial charge >= 0.3 is 5.97 Å². The molecular weight excluding hydrogens is 258 g/mol. The number of aliphatic carboxylic acids is 1. The molecule has 3 atom stereocenters. The number of unbranched alkanes of at least 4 members (excludes halogenated alkanes) is 1. The molecule has 1 fully saturated rings. The molecule has 0 aromatic heterocycles. The van der Waals surface area contributed by atoms with Crippen molar-refractivity contribution in [1.29, 1.82) is 0 Å². The van der Waals surface area contributed by atoms with Crippen LogP contribution >= 0.6 is 0 Å². The normalized spacial score (nSPS) is 33.8. The zero-order chi connectivity index (χ0) is 15.4. The van der Waals surface area contributed by atoms with Gasteiger partial charge in [-0.25, -0.2) is 5.48 Å². The van der Waals surface area contributed by atoms with E-state index in [0.29, 0.717) is 13.1 Å². The maximum Gasteiger partial charge on any atom is 0.324 e. The topological polar surface area (TPSA) is 98.8 Å². The molecular formula is C14H29N3O3. The Bertz CT molecular complexity index is 338. The lowest BCUT2D eigenvalue weighted by Crippen LogP contribution is -2.63. The molecule has 6 nitrogen and oxygen atoms in total. The molecule has 0 amide bonds. The molecule has 20 heavy (non-hydrogen) atoms. The summed E-state index contributed by atoms with van der Waals surface area (Å²) < 4.78 is 0. The molecule has 3 unspecified atom stereocenters. The van der Waals surface area contributed by atoms with Gasteiger partial charge in [0.1, 0.15) is 5.54 Å². The number of nitrogens with two attached hydrogens (primary N) is 1. The molecule has 118 valence electrons. The lowest BCUT2D eigenvalue weighted by molar-refractivity contribution is -0.150. The standard InChI is InChI=1S/C14H29N3O3/c1-13(10-17(2)3)8-7-11(6-4-5-9-16-20)14(13,15)12(18)19/h11,16,20H,4-10,15H2,1-3H3,(H,18,19). The van der Waals surface area contributed by atoms with Crippen molar-refractivity contribution in [3.05, 3.63) is 0 Å². The van der Waals surface area contributed by atoms with E-state index in [9.17, 15) is 9.90 Å². The quantitative estimate of drug-likeness (QED) is 0.391. The number of hydroxylamine groups is 1. The monoisotopic (exact) mass is 287 g/mol. The van der Waals surface area contributed by atoms with Crippen molar-refractivity contribution in [1.82, 2.24) is 10.4 Å². The molecule has 0 radical (unpaired) electrons. The van der Waals surface area contributed by atoms with Crippen LogP contribution in [0.5, 0.6) is 0 Å². The number of carboxylic acids is 1. The van der Waals surface area contributed by atoms with Gasteiger partial charge in [0, 0.05) is 18.5 Å². The Hall–Kier alpha value is -0.690. The van der Waals surface area contributed by atoms with Crippen molar-refractivity contribution in [2.45, 2.75) is 44.6 Å². The number of carboxylic acid groups (broad SMARTS) is 1. The van der Waals surface area contributed by atoms with E-state index in [-0.39, 0.29) is 5.92 Å². The zero-order valence-corrected chi connectivity index (χ0v) is 12.9. The van der Waals surface area contributed by atoms with Crippen molar-refractivity contribution < 1.29 is 15.1 Å². The minimum atomic E-state index is -1.16. The van der Waals surface area contributed by atoms with E-state index in [1.54, 1.807) is 0 Å². The Morgan fingerprint density at radius 1 is 1.45 bits per heavy atom. The average Bonchev–Trinajstić information content (AvgIpc) is 2.59. The van der Waals surface area contributed by atoms with Gasteiger partial charge in [-0.15, -0.1) is 0 Å². The van der Waals surface area contributed by atoms with Crippen LogP contribution in [0.2, 0.25) is 0 Å². The van der Waals surface area contributed by atoms with Gasteiger partial charge in [0.2, 0.25) is 0 Å². The van der Waals surface area contributed by atoms with Crippen LogP contribution in [0.25, 0.3) is 0 Å². The van der Waals surface area contributed by atoms with Gasteiger partial charge in [0.15, 0.2) is 0 Å². The predicted molar refractivity (Wildman–Crippen MR) is 77.6 cm³/mol. The first-order valence-electron chi connectivity index (χ1n) is 7.32. The Kier molecular flexibility index (Phi) is 5.94. The molecule has 0 bridgehead atoms. The highest BCUT2D eigenvalue weighted by atomic mass is 16.5. The third-order valence-corrected chi connectivity index (χ3v) is 4.80. The Morgan fingerprint density at radius 2 is 2.10 bits per heavy atom. The zero-order valence-electron chi connectivity index (χ0n) is 12.9. The van der Waals surface area contributed by atoms with Gasteiger partial charge in [-0.2, -0.15) is 0 Å². The van der Waals surface area contributed by atoms with E-state index in [2.05, 4.69) is 5.48 Å². The fraction of sp³-hybridized carbons (Fsp3) is 0.929. The molecule has 0 aromatic rings. The minimum Gasteiger partial charge on any atom is -0.480 e. The third kappa shape index (κ3) is 3.31. The van der Waals surface area contributed by atoms with Crippen LogP contribution in [0.15, 0.2) is 0 Å². The molecule has 1 rings (SSSR count). The van der Waals surface area contributed by atoms with Crippen molar-refractivity contribution in [2.75, 3.05) is 27.2 Å². The second-order valence-electron chi connectivity index (χ2n) is 6.61. The highest BCUT2D eigenvalue weighted by molar-refractivity contribution is 5.81. The fourth-order valence-corrected chi connectivity index (χ4v) is 3.73. The Labute approximate surface area is 121 Å². The number of nitrogens with one attached hydrogen (secondary N) is 1. The van der Waals surface area contributed by atoms with E-state index < -0.39 is 16.9 Å². The van der Waals surface area contributed by atoms with Crippen molar-refractivity contribution in [3.8, 4) is 0 Å². The summed E-state index contributed by atoms with van der Waals surface area (Å²) in [6, 6.07) is 0. The average molecular weight is 287 g/mol. The number of rotatable bonds is 8. The van der Waals surface area contributed by atoms with Gasteiger partial charge < -0.3 is 20.9 Å². The van der Waals surface area contributed by atoms with E-state index in [4.69, 9.17) is 10.9 Å². The molecule has 1 aliphatic carbocycles. The maximum atomic E-state index is 11.8. The van der Waals surface area contributed by atoms with Crippen LogP contribution in [0.4, 0.5) is 0 Å². The number of carbonyl (C=O) groups is 1. The van der Waals surface area contributed by atoms with Gasteiger partial charge in [-0.1, -0.05) is 13.3 Å². The van der Waals surface area contributed by atoms with Crippen LogP contribution in [0.3, 0.4) is 0 Å². The van der Waals surface area contributed by atoms with E-state index in [1.165, 1.54) is 0 Å². The highest BCUT2D eigenvalue weighted by Crippen LogP contribution is 2.50. The summed E-state index contributed by atoms with van der Waals surface area (Å²) in [6.07, 6.45) is 4.21. The summed E-state index contributed by atoms with van der Waals surface area (Å²) >= 11 is 0. The molecule has 0 spiro atoms. The minimum absolute atomic E-state index is 0.00337. The first kappa shape index (κ1) is 17.4. The van der Waals surface area contributed by atoms with Gasteiger partial charge in [0.05, 0.1) is 0 Å². The van der Waals surface area contributed by atoms with Crippen molar-refractivity contribution in [3.63, 3.8) is 0 Å².